The molecule has 20 heavy (non-hydrogen) atoms. The highest BCUT2D eigenvalue weighted by molar-refractivity contribution is 5.85. The smallest absolute Gasteiger partial charge is 0.307 e. The molecular weight excluding hydrogens is 254 g/mol. The van der Waals surface area contributed by atoms with Gasteiger partial charge in [0.25, 0.3) is 0 Å². The molecule has 2 fully saturated rings. The topological polar surface area (TPSA) is 66.4 Å². The van der Waals surface area contributed by atoms with Gasteiger partial charge < -0.3 is 10.4 Å². The minimum atomic E-state index is -0.812. The van der Waals surface area contributed by atoms with Crippen molar-refractivity contribution in [3.8, 4) is 0 Å². The summed E-state index contributed by atoms with van der Waals surface area (Å²) in [6.45, 7) is 4.40. The van der Waals surface area contributed by atoms with Crippen molar-refractivity contribution in [3.63, 3.8) is 0 Å². The molecule has 0 heterocycles. The van der Waals surface area contributed by atoms with Crippen LogP contribution in [0.4, 0.5) is 0 Å². The van der Waals surface area contributed by atoms with Crippen molar-refractivity contribution in [1.82, 2.24) is 5.32 Å². The van der Waals surface area contributed by atoms with Crippen LogP contribution in [-0.2, 0) is 9.59 Å². The van der Waals surface area contributed by atoms with Gasteiger partial charge in [0.1, 0.15) is 0 Å². The second-order valence-electron chi connectivity index (χ2n) is 7.13. The van der Waals surface area contributed by atoms with E-state index in [1.54, 1.807) is 0 Å². The van der Waals surface area contributed by atoms with E-state index in [1.807, 2.05) is 0 Å². The number of carbonyl (C=O) groups is 2. The summed E-state index contributed by atoms with van der Waals surface area (Å²) in [7, 11) is 0. The molecule has 4 heteroatoms. The van der Waals surface area contributed by atoms with Crippen molar-refractivity contribution in [3.05, 3.63) is 0 Å². The fourth-order valence-electron chi connectivity index (χ4n) is 3.78. The van der Waals surface area contributed by atoms with Crippen LogP contribution in [0.25, 0.3) is 0 Å². The van der Waals surface area contributed by atoms with Gasteiger partial charge in [-0.15, -0.1) is 0 Å². The molecule has 0 aromatic carbocycles. The Hall–Kier alpha value is -1.06. The summed E-state index contributed by atoms with van der Waals surface area (Å²) in [5.74, 6) is -1.67. The van der Waals surface area contributed by atoms with Crippen LogP contribution in [0, 0.1) is 17.3 Å². The zero-order valence-corrected chi connectivity index (χ0v) is 12.7. The first kappa shape index (κ1) is 15.3. The Morgan fingerprint density at radius 1 is 1.00 bits per heavy atom. The molecule has 4 nitrogen and oxygen atoms in total. The summed E-state index contributed by atoms with van der Waals surface area (Å²) in [4.78, 5) is 23.8. The third kappa shape index (κ3) is 3.33. The second kappa shape index (κ2) is 6.15. The Labute approximate surface area is 121 Å². The van der Waals surface area contributed by atoms with Crippen LogP contribution in [-0.4, -0.2) is 23.0 Å². The molecule has 2 saturated carbocycles. The molecule has 1 unspecified atom stereocenters. The second-order valence-corrected chi connectivity index (χ2v) is 7.13. The van der Waals surface area contributed by atoms with E-state index in [2.05, 4.69) is 19.2 Å². The summed E-state index contributed by atoms with van der Waals surface area (Å²) in [5, 5.41) is 12.4. The van der Waals surface area contributed by atoms with Crippen molar-refractivity contribution in [1.29, 1.82) is 0 Å². The molecule has 0 bridgehead atoms. The summed E-state index contributed by atoms with van der Waals surface area (Å²) in [6, 6.07) is 0.195. The molecule has 3 atom stereocenters. The van der Waals surface area contributed by atoms with Gasteiger partial charge in [0.2, 0.25) is 5.91 Å². The largest absolute Gasteiger partial charge is 0.481 e. The molecule has 114 valence electrons. The van der Waals surface area contributed by atoms with Gasteiger partial charge in [-0.2, -0.15) is 0 Å². The van der Waals surface area contributed by atoms with Gasteiger partial charge in [-0.1, -0.05) is 39.5 Å². The molecular formula is C16H27NO3. The van der Waals surface area contributed by atoms with Crippen LogP contribution in [0.2, 0.25) is 0 Å². The normalized spacial score (nSPS) is 33.4. The minimum Gasteiger partial charge on any atom is -0.481 e. The van der Waals surface area contributed by atoms with Crippen LogP contribution >= 0.6 is 0 Å². The lowest BCUT2D eigenvalue weighted by molar-refractivity contribution is -0.149. The van der Waals surface area contributed by atoms with E-state index in [-0.39, 0.29) is 23.3 Å². The maximum Gasteiger partial charge on any atom is 0.307 e. The van der Waals surface area contributed by atoms with Crippen molar-refractivity contribution < 1.29 is 14.7 Å². The molecule has 2 aliphatic carbocycles. The highest BCUT2D eigenvalue weighted by Gasteiger charge is 2.39. The van der Waals surface area contributed by atoms with Gasteiger partial charge >= 0.3 is 5.97 Å². The van der Waals surface area contributed by atoms with Crippen molar-refractivity contribution in [2.24, 2.45) is 17.3 Å². The molecule has 0 radical (unpaired) electrons. The van der Waals surface area contributed by atoms with Gasteiger partial charge in [0, 0.05) is 6.04 Å². The van der Waals surface area contributed by atoms with Crippen LogP contribution < -0.4 is 5.32 Å². The molecule has 0 aliphatic heterocycles. The van der Waals surface area contributed by atoms with Crippen molar-refractivity contribution in [2.45, 2.75) is 71.3 Å². The molecule has 0 saturated heterocycles. The highest BCUT2D eigenvalue weighted by atomic mass is 16.4. The van der Waals surface area contributed by atoms with Gasteiger partial charge in [-0.3, -0.25) is 9.59 Å². The van der Waals surface area contributed by atoms with Gasteiger partial charge in [-0.05, 0) is 31.1 Å². The first-order valence-electron chi connectivity index (χ1n) is 7.95. The van der Waals surface area contributed by atoms with E-state index >= 15 is 0 Å². The number of carboxylic acids is 1. The lowest BCUT2D eigenvalue weighted by Gasteiger charge is -2.40. The third-order valence-electron chi connectivity index (χ3n) is 5.24. The number of hydrogen-bond donors (Lipinski definition) is 2. The molecule has 1 amide bonds. The number of rotatable bonds is 3. The first-order chi connectivity index (χ1) is 9.42. The monoisotopic (exact) mass is 281 g/mol. The number of carbonyl (C=O) groups excluding carboxylic acids is 1. The predicted molar refractivity (Wildman–Crippen MR) is 77.3 cm³/mol. The van der Waals surface area contributed by atoms with Crippen LogP contribution in [0.5, 0.6) is 0 Å². The fraction of sp³-hybridized carbons (Fsp3) is 0.875. The Bertz CT molecular complexity index is 378. The summed E-state index contributed by atoms with van der Waals surface area (Å²) >= 11 is 0. The zero-order chi connectivity index (χ0) is 14.8. The van der Waals surface area contributed by atoms with E-state index in [9.17, 15) is 14.7 Å². The van der Waals surface area contributed by atoms with E-state index in [4.69, 9.17) is 0 Å². The van der Waals surface area contributed by atoms with E-state index in [0.717, 1.165) is 38.5 Å². The molecule has 0 spiro atoms. The molecule has 0 aromatic rings. The number of amides is 1. The average molecular weight is 281 g/mol. The number of nitrogens with one attached hydrogen (secondary N) is 1. The Balaban J connectivity index is 2.01. The summed E-state index contributed by atoms with van der Waals surface area (Å²) in [6.07, 6.45) is 7.78. The van der Waals surface area contributed by atoms with Crippen LogP contribution in [0.15, 0.2) is 0 Å². The number of aliphatic carboxylic acids is 1. The summed E-state index contributed by atoms with van der Waals surface area (Å²) < 4.78 is 0. The zero-order valence-electron chi connectivity index (χ0n) is 12.7. The lowest BCUT2D eigenvalue weighted by atomic mass is 9.72. The van der Waals surface area contributed by atoms with Crippen molar-refractivity contribution >= 4 is 11.9 Å². The van der Waals surface area contributed by atoms with Gasteiger partial charge in [-0.25, -0.2) is 0 Å². The van der Waals surface area contributed by atoms with Crippen LogP contribution in [0.1, 0.15) is 65.2 Å². The van der Waals surface area contributed by atoms with Crippen LogP contribution in [0.3, 0.4) is 0 Å². The van der Waals surface area contributed by atoms with Gasteiger partial charge in [0.05, 0.1) is 11.8 Å². The maximum absolute atomic E-state index is 12.5. The third-order valence-corrected chi connectivity index (χ3v) is 5.24. The van der Waals surface area contributed by atoms with E-state index in [1.165, 1.54) is 6.42 Å². The van der Waals surface area contributed by atoms with E-state index < -0.39 is 11.9 Å². The Morgan fingerprint density at radius 2 is 1.60 bits per heavy atom. The van der Waals surface area contributed by atoms with Crippen molar-refractivity contribution in [2.75, 3.05) is 0 Å². The maximum atomic E-state index is 12.5. The standard InChI is InChI=1S/C16H27NO3/c1-16(2)10-6-5-9-13(16)17-14(18)11-7-3-4-8-12(11)15(19)20/h11-13H,3-10H2,1-2H3,(H,17,18)(H,19,20)/t11-,12+,13?/m1/s1. The Morgan fingerprint density at radius 3 is 2.20 bits per heavy atom. The fourth-order valence-corrected chi connectivity index (χ4v) is 3.78. The molecule has 2 aliphatic rings. The van der Waals surface area contributed by atoms with Gasteiger partial charge in [0.15, 0.2) is 0 Å². The van der Waals surface area contributed by atoms with E-state index in [0.29, 0.717) is 6.42 Å². The molecule has 2 N–H and O–H groups in total. The number of carboxylic acid groups (broad SMARTS) is 1. The summed E-state index contributed by atoms with van der Waals surface area (Å²) in [5.41, 5.74) is 0.126. The predicted octanol–water partition coefficient (Wildman–Crippen LogP) is 2.96. The SMILES string of the molecule is CC1(C)CCCCC1NC(=O)[C@@H]1CCCC[C@@H]1C(=O)O. The minimum absolute atomic E-state index is 0.0305. The quantitative estimate of drug-likeness (QED) is 0.835. The molecule has 2 rings (SSSR count). The number of hydrogen-bond acceptors (Lipinski definition) is 2. The lowest BCUT2D eigenvalue weighted by Crippen LogP contribution is -2.50. The highest BCUT2D eigenvalue weighted by Crippen LogP contribution is 2.36. The average Bonchev–Trinajstić information content (AvgIpc) is 2.41. The molecule has 0 aromatic heterocycles. The Kier molecular flexibility index (Phi) is 4.71. The first-order valence-corrected chi connectivity index (χ1v) is 7.95.